The molecular weight excluding hydrogens is 394 g/mol. The van der Waals surface area contributed by atoms with Crippen LogP contribution < -0.4 is 10.7 Å². The van der Waals surface area contributed by atoms with E-state index in [0.717, 1.165) is 12.8 Å². The predicted molar refractivity (Wildman–Crippen MR) is 111 cm³/mol. The van der Waals surface area contributed by atoms with E-state index in [1.165, 1.54) is 22.6 Å². The van der Waals surface area contributed by atoms with Crippen LogP contribution in [-0.4, -0.2) is 55.5 Å². The monoisotopic (exact) mass is 421 g/mol. The summed E-state index contributed by atoms with van der Waals surface area (Å²) < 4.78 is 34.1. The minimum absolute atomic E-state index is 0.0182. The van der Waals surface area contributed by atoms with Gasteiger partial charge in [-0.2, -0.15) is 4.31 Å². The van der Waals surface area contributed by atoms with E-state index in [1.807, 2.05) is 0 Å². The van der Waals surface area contributed by atoms with Crippen molar-refractivity contribution in [2.45, 2.75) is 37.7 Å². The van der Waals surface area contributed by atoms with Gasteiger partial charge in [0.15, 0.2) is 0 Å². The summed E-state index contributed by atoms with van der Waals surface area (Å²) in [5, 5.41) is 2.95. The second kappa shape index (κ2) is 8.64. The van der Waals surface area contributed by atoms with E-state index in [2.05, 4.69) is 5.32 Å². The van der Waals surface area contributed by atoms with Crippen molar-refractivity contribution in [1.29, 1.82) is 0 Å². The van der Waals surface area contributed by atoms with Crippen molar-refractivity contribution in [2.75, 3.05) is 26.2 Å². The van der Waals surface area contributed by atoms with Crippen LogP contribution in [0.5, 0.6) is 0 Å². The maximum atomic E-state index is 13.0. The molecule has 9 heteroatoms. The summed E-state index contributed by atoms with van der Waals surface area (Å²) in [4.78, 5) is 25.6. The van der Waals surface area contributed by atoms with E-state index in [4.69, 9.17) is 4.74 Å². The molecule has 2 heterocycles. The number of sulfonamides is 1. The molecule has 2 aromatic rings. The lowest BCUT2D eigenvalue weighted by molar-refractivity contribution is 0.0856. The van der Waals surface area contributed by atoms with Crippen LogP contribution in [0.15, 0.2) is 34.1 Å². The first-order valence-corrected chi connectivity index (χ1v) is 11.3. The number of benzene rings is 1. The summed E-state index contributed by atoms with van der Waals surface area (Å²) in [7, 11) is -1.99. The van der Waals surface area contributed by atoms with Crippen molar-refractivity contribution in [3.8, 4) is 0 Å². The van der Waals surface area contributed by atoms with Gasteiger partial charge in [0.1, 0.15) is 5.56 Å². The van der Waals surface area contributed by atoms with Crippen molar-refractivity contribution >= 4 is 26.8 Å². The number of amides is 1. The van der Waals surface area contributed by atoms with Crippen molar-refractivity contribution < 1.29 is 17.9 Å². The Kier molecular flexibility index (Phi) is 6.40. The minimum Gasteiger partial charge on any atom is -0.376 e. The maximum Gasteiger partial charge on any atom is 0.256 e. The zero-order valence-electron chi connectivity index (χ0n) is 17.0. The third kappa shape index (κ3) is 4.22. The summed E-state index contributed by atoms with van der Waals surface area (Å²) in [5.74, 6) is -0.486. The van der Waals surface area contributed by atoms with Gasteiger partial charge >= 0.3 is 0 Å². The average molecular weight is 422 g/mol. The lowest BCUT2D eigenvalue weighted by Crippen LogP contribution is -2.35. The van der Waals surface area contributed by atoms with E-state index < -0.39 is 21.4 Å². The zero-order valence-corrected chi connectivity index (χ0v) is 17.8. The van der Waals surface area contributed by atoms with Crippen LogP contribution in [0.4, 0.5) is 0 Å². The number of aromatic nitrogens is 1. The highest BCUT2D eigenvalue weighted by atomic mass is 32.2. The van der Waals surface area contributed by atoms with Crippen LogP contribution in [0.25, 0.3) is 10.9 Å². The summed E-state index contributed by atoms with van der Waals surface area (Å²) >= 11 is 0. The normalized spacial score (nSPS) is 17.2. The van der Waals surface area contributed by atoms with Crippen LogP contribution in [0, 0.1) is 0 Å². The van der Waals surface area contributed by atoms with E-state index in [0.29, 0.717) is 31.8 Å². The van der Waals surface area contributed by atoms with Crippen molar-refractivity contribution in [3.05, 3.63) is 40.2 Å². The summed E-state index contributed by atoms with van der Waals surface area (Å²) in [6, 6.07) is 4.45. The van der Waals surface area contributed by atoms with Gasteiger partial charge in [0, 0.05) is 44.9 Å². The van der Waals surface area contributed by atoms with Gasteiger partial charge in [0.25, 0.3) is 5.91 Å². The topological polar surface area (TPSA) is 97.7 Å². The molecule has 0 spiro atoms. The molecule has 1 aliphatic heterocycles. The molecule has 0 aliphatic carbocycles. The number of fused-ring (bicyclic) bond motifs is 1. The highest BCUT2D eigenvalue weighted by molar-refractivity contribution is 7.89. The number of pyridine rings is 1. The van der Waals surface area contributed by atoms with Gasteiger partial charge in [-0.05, 0) is 31.0 Å². The third-order valence-electron chi connectivity index (χ3n) is 5.26. The molecule has 1 saturated heterocycles. The molecule has 0 saturated carbocycles. The van der Waals surface area contributed by atoms with Crippen molar-refractivity contribution in [1.82, 2.24) is 14.2 Å². The minimum atomic E-state index is -3.71. The fraction of sp³-hybridized carbons (Fsp3) is 0.500. The third-order valence-corrected chi connectivity index (χ3v) is 7.31. The molecule has 3 rings (SSSR count). The van der Waals surface area contributed by atoms with Gasteiger partial charge in [-0.25, -0.2) is 8.42 Å². The summed E-state index contributed by atoms with van der Waals surface area (Å²) in [5.41, 5.74) is 0.0547. The van der Waals surface area contributed by atoms with Gasteiger partial charge in [-0.3, -0.25) is 9.59 Å². The van der Waals surface area contributed by atoms with Crippen molar-refractivity contribution in [2.24, 2.45) is 7.05 Å². The molecule has 1 aromatic carbocycles. The molecule has 1 amide bonds. The lowest BCUT2D eigenvalue weighted by Gasteiger charge is -2.19. The van der Waals surface area contributed by atoms with E-state index in [1.54, 1.807) is 31.5 Å². The van der Waals surface area contributed by atoms with Gasteiger partial charge in [0.05, 0.1) is 16.5 Å². The lowest BCUT2D eigenvalue weighted by atomic mass is 10.1. The zero-order chi connectivity index (χ0) is 21.2. The van der Waals surface area contributed by atoms with Crippen LogP contribution in [0.3, 0.4) is 0 Å². The molecule has 0 bridgehead atoms. The molecule has 1 atom stereocenters. The fourth-order valence-corrected chi connectivity index (χ4v) is 5.10. The van der Waals surface area contributed by atoms with Gasteiger partial charge in [0.2, 0.25) is 15.5 Å². The molecule has 1 aromatic heterocycles. The molecule has 1 fully saturated rings. The molecule has 1 aliphatic rings. The van der Waals surface area contributed by atoms with Gasteiger partial charge in [-0.1, -0.05) is 13.8 Å². The van der Waals surface area contributed by atoms with Crippen LogP contribution in [0.2, 0.25) is 0 Å². The number of carbonyl (C=O) groups is 1. The van der Waals surface area contributed by atoms with Crippen molar-refractivity contribution in [3.63, 3.8) is 0 Å². The van der Waals surface area contributed by atoms with Crippen LogP contribution in [-0.2, 0) is 21.8 Å². The fourth-order valence-electron chi connectivity index (χ4n) is 3.61. The Morgan fingerprint density at radius 3 is 2.66 bits per heavy atom. The smallest absolute Gasteiger partial charge is 0.256 e. The molecule has 1 unspecified atom stereocenters. The van der Waals surface area contributed by atoms with E-state index in [-0.39, 0.29) is 21.9 Å². The first-order chi connectivity index (χ1) is 13.8. The van der Waals surface area contributed by atoms with Gasteiger partial charge in [-0.15, -0.1) is 0 Å². The second-order valence-electron chi connectivity index (χ2n) is 7.10. The number of nitrogens with one attached hydrogen (secondary N) is 1. The number of hydrogen-bond acceptors (Lipinski definition) is 5. The highest BCUT2D eigenvalue weighted by Crippen LogP contribution is 2.20. The molecule has 1 N–H and O–H groups in total. The average Bonchev–Trinajstić information content (AvgIpc) is 3.23. The summed E-state index contributed by atoms with van der Waals surface area (Å²) in [6.45, 7) is 5.22. The standard InChI is InChI=1S/C20H27N3O5S/c1-4-23(5-2)29(26,27)15-8-9-18-16(11-15)19(24)17(13-22(18)3)20(25)21-12-14-7-6-10-28-14/h8-9,11,13-14H,4-7,10,12H2,1-3H3,(H,21,25). The Morgan fingerprint density at radius 1 is 1.31 bits per heavy atom. The molecule has 29 heavy (non-hydrogen) atoms. The number of aryl methyl sites for hydroxylation is 1. The first-order valence-electron chi connectivity index (χ1n) is 9.83. The van der Waals surface area contributed by atoms with E-state index >= 15 is 0 Å². The quantitative estimate of drug-likeness (QED) is 0.730. The summed E-state index contributed by atoms with van der Waals surface area (Å²) in [6.07, 6.45) is 3.28. The number of nitrogens with zero attached hydrogens (tertiary/aromatic N) is 2. The Labute approximate surface area is 170 Å². The Morgan fingerprint density at radius 2 is 2.03 bits per heavy atom. The second-order valence-corrected chi connectivity index (χ2v) is 9.03. The van der Waals surface area contributed by atoms with Crippen LogP contribution in [0.1, 0.15) is 37.0 Å². The number of carbonyl (C=O) groups excluding carboxylic acids is 1. The first kappa shape index (κ1) is 21.5. The molecule has 8 nitrogen and oxygen atoms in total. The number of ether oxygens (including phenoxy) is 1. The molecule has 158 valence electrons. The maximum absolute atomic E-state index is 13.0. The highest BCUT2D eigenvalue weighted by Gasteiger charge is 2.24. The molecular formula is C20H27N3O5S. The SMILES string of the molecule is CCN(CC)S(=O)(=O)c1ccc2c(c1)c(=O)c(C(=O)NCC1CCCO1)cn2C. The number of hydrogen-bond donors (Lipinski definition) is 1. The predicted octanol–water partition coefficient (Wildman–Crippen LogP) is 1.48. The van der Waals surface area contributed by atoms with Crippen LogP contribution >= 0.6 is 0 Å². The Bertz CT molecular complexity index is 1070. The Hall–Kier alpha value is -2.23. The molecule has 0 radical (unpaired) electrons. The largest absolute Gasteiger partial charge is 0.376 e. The Balaban J connectivity index is 2.00. The van der Waals surface area contributed by atoms with Gasteiger partial charge < -0.3 is 14.6 Å². The number of rotatable bonds is 7. The van der Waals surface area contributed by atoms with E-state index in [9.17, 15) is 18.0 Å².